The highest BCUT2D eigenvalue weighted by Crippen LogP contribution is 2.06. The van der Waals surface area contributed by atoms with Crippen LogP contribution in [0.3, 0.4) is 0 Å². The summed E-state index contributed by atoms with van der Waals surface area (Å²) in [5.41, 5.74) is 6.61. The molecule has 0 saturated heterocycles. The van der Waals surface area contributed by atoms with E-state index in [4.69, 9.17) is 17.3 Å². The number of hydrogen-bond donors (Lipinski definition) is 2. The van der Waals surface area contributed by atoms with Gasteiger partial charge in [0.05, 0.1) is 0 Å². The van der Waals surface area contributed by atoms with Gasteiger partial charge in [-0.2, -0.15) is 0 Å². The first-order chi connectivity index (χ1) is 8.63. The summed E-state index contributed by atoms with van der Waals surface area (Å²) in [5.74, 6) is 0.0165. The lowest BCUT2D eigenvalue weighted by atomic mass is 10.1. The van der Waals surface area contributed by atoms with E-state index in [0.717, 1.165) is 12.0 Å². The second-order valence-electron chi connectivity index (χ2n) is 4.01. The smallest absolute Gasteiger partial charge is 0.251 e. The molecule has 0 fully saturated rings. The van der Waals surface area contributed by atoms with Crippen molar-refractivity contribution in [2.45, 2.75) is 25.1 Å². The number of halogens is 1. The zero-order valence-corrected chi connectivity index (χ0v) is 10.9. The van der Waals surface area contributed by atoms with E-state index in [0.29, 0.717) is 30.8 Å². The number of nitrogens with two attached hydrogens (primary N) is 1. The van der Waals surface area contributed by atoms with Crippen LogP contribution in [0.1, 0.15) is 35.2 Å². The Labute approximate surface area is 112 Å². The van der Waals surface area contributed by atoms with Crippen LogP contribution < -0.4 is 11.1 Å². The van der Waals surface area contributed by atoms with Crippen LogP contribution in [0, 0.1) is 0 Å². The molecule has 2 amide bonds. The highest BCUT2D eigenvalue weighted by atomic mass is 35.5. The van der Waals surface area contributed by atoms with Crippen LogP contribution in [0.2, 0.25) is 0 Å². The summed E-state index contributed by atoms with van der Waals surface area (Å²) in [7, 11) is 0. The third-order valence-electron chi connectivity index (χ3n) is 2.51. The molecule has 5 heteroatoms. The molecule has 0 radical (unpaired) electrons. The predicted molar refractivity (Wildman–Crippen MR) is 71.4 cm³/mol. The quantitative estimate of drug-likeness (QED) is 0.585. The van der Waals surface area contributed by atoms with Gasteiger partial charge in [-0.1, -0.05) is 12.1 Å². The number of carbonyl (C=O) groups excluding carboxylic acids is 2. The highest BCUT2D eigenvalue weighted by Gasteiger charge is 2.04. The summed E-state index contributed by atoms with van der Waals surface area (Å²) in [6.07, 6.45) is 1.80. The molecule has 18 heavy (non-hydrogen) atoms. The first-order valence-corrected chi connectivity index (χ1v) is 6.38. The molecule has 1 aromatic carbocycles. The van der Waals surface area contributed by atoms with Gasteiger partial charge in [0.15, 0.2) is 0 Å². The van der Waals surface area contributed by atoms with Gasteiger partial charge in [-0.05, 0) is 30.5 Å². The standard InChI is InChI=1S/C13H17ClN2O2/c14-9-10-4-6-11(7-5-10)13(18)16-8-2-1-3-12(15)17/h4-7H,1-3,8-9H2,(H2,15,17)(H,16,18). The van der Waals surface area contributed by atoms with Crippen LogP contribution in [-0.4, -0.2) is 18.4 Å². The Bertz CT molecular complexity index is 404. The molecule has 1 rings (SSSR count). The van der Waals surface area contributed by atoms with Gasteiger partial charge in [0.25, 0.3) is 5.91 Å². The van der Waals surface area contributed by atoms with E-state index < -0.39 is 0 Å². The number of carbonyl (C=O) groups is 2. The molecule has 3 N–H and O–H groups in total. The molecule has 0 unspecified atom stereocenters. The van der Waals surface area contributed by atoms with E-state index in [1.54, 1.807) is 12.1 Å². The zero-order valence-electron chi connectivity index (χ0n) is 10.1. The summed E-state index contributed by atoms with van der Waals surface area (Å²) in [6.45, 7) is 0.545. The van der Waals surface area contributed by atoms with Crippen LogP contribution in [0.5, 0.6) is 0 Å². The highest BCUT2D eigenvalue weighted by molar-refractivity contribution is 6.17. The summed E-state index contributed by atoms with van der Waals surface area (Å²) in [5, 5.41) is 2.79. The zero-order chi connectivity index (χ0) is 13.4. The summed E-state index contributed by atoms with van der Waals surface area (Å²) in [4.78, 5) is 22.2. The van der Waals surface area contributed by atoms with Crippen molar-refractivity contribution in [3.8, 4) is 0 Å². The van der Waals surface area contributed by atoms with Crippen LogP contribution in [0.4, 0.5) is 0 Å². The summed E-state index contributed by atoms with van der Waals surface area (Å²) >= 11 is 5.66. The minimum Gasteiger partial charge on any atom is -0.370 e. The average Bonchev–Trinajstić information content (AvgIpc) is 2.38. The van der Waals surface area contributed by atoms with Crippen molar-refractivity contribution in [1.82, 2.24) is 5.32 Å². The maximum Gasteiger partial charge on any atom is 0.251 e. The molecule has 1 aromatic rings. The normalized spacial score (nSPS) is 10.1. The number of benzene rings is 1. The average molecular weight is 269 g/mol. The van der Waals surface area contributed by atoms with Crippen molar-refractivity contribution in [1.29, 1.82) is 0 Å². The van der Waals surface area contributed by atoms with Crippen molar-refractivity contribution < 1.29 is 9.59 Å². The fraction of sp³-hybridized carbons (Fsp3) is 0.385. The third kappa shape index (κ3) is 5.19. The molecule has 0 aromatic heterocycles. The minimum absolute atomic E-state index is 0.116. The van der Waals surface area contributed by atoms with Gasteiger partial charge in [0.2, 0.25) is 5.91 Å². The number of hydrogen-bond acceptors (Lipinski definition) is 2. The van der Waals surface area contributed by atoms with Crippen molar-refractivity contribution in [3.05, 3.63) is 35.4 Å². The molecule has 0 spiro atoms. The van der Waals surface area contributed by atoms with E-state index in [2.05, 4.69) is 5.32 Å². The number of primary amides is 1. The van der Waals surface area contributed by atoms with Crippen molar-refractivity contribution in [2.24, 2.45) is 5.73 Å². The monoisotopic (exact) mass is 268 g/mol. The number of alkyl halides is 1. The largest absolute Gasteiger partial charge is 0.370 e. The molecule has 4 nitrogen and oxygen atoms in total. The van der Waals surface area contributed by atoms with Gasteiger partial charge in [-0.25, -0.2) is 0 Å². The Kier molecular flexibility index (Phi) is 6.22. The van der Waals surface area contributed by atoms with Gasteiger partial charge in [-0.15, -0.1) is 11.6 Å². The van der Waals surface area contributed by atoms with E-state index in [1.165, 1.54) is 0 Å². The second kappa shape index (κ2) is 7.71. The molecule has 0 bridgehead atoms. The van der Waals surface area contributed by atoms with E-state index in [-0.39, 0.29) is 11.8 Å². The molecule has 0 atom stereocenters. The molecule has 98 valence electrons. The fourth-order valence-electron chi connectivity index (χ4n) is 1.47. The van der Waals surface area contributed by atoms with Gasteiger partial charge in [0.1, 0.15) is 0 Å². The number of amides is 2. The Hall–Kier alpha value is -1.55. The predicted octanol–water partition coefficient (Wildman–Crippen LogP) is 1.81. The van der Waals surface area contributed by atoms with Crippen molar-refractivity contribution in [3.63, 3.8) is 0 Å². The van der Waals surface area contributed by atoms with Crippen LogP contribution in [0.15, 0.2) is 24.3 Å². The Morgan fingerprint density at radius 3 is 2.39 bits per heavy atom. The minimum atomic E-state index is -0.307. The lowest BCUT2D eigenvalue weighted by Gasteiger charge is -2.05. The molecule has 0 saturated carbocycles. The molecule has 0 aliphatic heterocycles. The Balaban J connectivity index is 2.29. The summed E-state index contributed by atoms with van der Waals surface area (Å²) < 4.78 is 0. The topological polar surface area (TPSA) is 72.2 Å². The maximum atomic E-state index is 11.7. The summed E-state index contributed by atoms with van der Waals surface area (Å²) in [6, 6.07) is 7.15. The van der Waals surface area contributed by atoms with Gasteiger partial charge >= 0.3 is 0 Å². The van der Waals surface area contributed by atoms with Crippen LogP contribution in [0.25, 0.3) is 0 Å². The third-order valence-corrected chi connectivity index (χ3v) is 2.81. The Morgan fingerprint density at radius 2 is 1.83 bits per heavy atom. The molecule has 0 aliphatic rings. The van der Waals surface area contributed by atoms with Crippen LogP contribution in [-0.2, 0) is 10.7 Å². The van der Waals surface area contributed by atoms with Gasteiger partial charge < -0.3 is 11.1 Å². The van der Waals surface area contributed by atoms with Crippen LogP contribution >= 0.6 is 11.6 Å². The molecule has 0 aliphatic carbocycles. The SMILES string of the molecule is NC(=O)CCCCNC(=O)c1ccc(CCl)cc1. The lowest BCUT2D eigenvalue weighted by molar-refractivity contribution is -0.118. The number of rotatable bonds is 7. The van der Waals surface area contributed by atoms with Gasteiger partial charge in [-0.3, -0.25) is 9.59 Å². The van der Waals surface area contributed by atoms with E-state index in [9.17, 15) is 9.59 Å². The second-order valence-corrected chi connectivity index (χ2v) is 4.28. The first-order valence-electron chi connectivity index (χ1n) is 5.85. The fourth-order valence-corrected chi connectivity index (χ4v) is 1.65. The lowest BCUT2D eigenvalue weighted by Crippen LogP contribution is -2.24. The number of unbranched alkanes of at least 4 members (excludes halogenated alkanes) is 1. The molecule has 0 heterocycles. The van der Waals surface area contributed by atoms with Gasteiger partial charge in [0, 0.05) is 24.4 Å². The molecular weight excluding hydrogens is 252 g/mol. The Morgan fingerprint density at radius 1 is 1.17 bits per heavy atom. The van der Waals surface area contributed by atoms with E-state index >= 15 is 0 Å². The molecular formula is C13H17ClN2O2. The van der Waals surface area contributed by atoms with E-state index in [1.807, 2.05) is 12.1 Å². The first kappa shape index (κ1) is 14.5. The maximum absolute atomic E-state index is 11.7. The van der Waals surface area contributed by atoms with Crippen molar-refractivity contribution in [2.75, 3.05) is 6.54 Å². The van der Waals surface area contributed by atoms with Crippen molar-refractivity contribution >= 4 is 23.4 Å². The number of nitrogens with one attached hydrogen (secondary N) is 1.